The van der Waals surface area contributed by atoms with Crippen molar-refractivity contribution in [3.63, 3.8) is 0 Å². The van der Waals surface area contributed by atoms with E-state index in [-0.39, 0.29) is 36.7 Å². The number of piperidine rings is 1. The summed E-state index contributed by atoms with van der Waals surface area (Å²) in [4.78, 5) is 5.08. The fourth-order valence-corrected chi connectivity index (χ4v) is 7.87. The molecule has 1 aliphatic rings. The molecule has 3 aromatic carbocycles. The number of halogens is 4. The fraction of sp³-hybridized carbons (Fsp3) is 0.355. The molecule has 0 aliphatic carbocycles. The molecule has 1 aromatic heterocycles. The third kappa shape index (κ3) is 7.51. The van der Waals surface area contributed by atoms with Gasteiger partial charge in [-0.1, -0.05) is 23.7 Å². The van der Waals surface area contributed by atoms with Crippen LogP contribution in [0.25, 0.3) is 0 Å². The molecule has 4 aromatic rings. The molecule has 46 heavy (non-hydrogen) atoms. The van der Waals surface area contributed by atoms with Gasteiger partial charge in [0.1, 0.15) is 35.2 Å². The molecule has 2 heterocycles. The Morgan fingerprint density at radius 1 is 1.04 bits per heavy atom. The summed E-state index contributed by atoms with van der Waals surface area (Å²) < 4.78 is 93.2. The van der Waals surface area contributed by atoms with Gasteiger partial charge in [-0.15, -0.1) is 0 Å². The largest absolute Gasteiger partial charge is 0.497 e. The number of methoxy groups -OCH3 is 2. The number of benzene rings is 3. The first-order valence-corrected chi connectivity index (χ1v) is 16.9. The van der Waals surface area contributed by atoms with Crippen molar-refractivity contribution in [1.82, 2.24) is 14.3 Å². The summed E-state index contributed by atoms with van der Waals surface area (Å²) in [5.74, 6) is -2.06. The van der Waals surface area contributed by atoms with Crippen molar-refractivity contribution in [3.05, 3.63) is 88.7 Å². The minimum Gasteiger partial charge on any atom is -0.497 e. The SMILES string of the molecule is COc1ccc(CN(c2ncns2)S(=O)(=O)c2cc(F)c(OC[C@@H]3CN(CCF)CCC3c3ccc(Cl)cc3)cc2F)c(OC)c1. The molecule has 1 unspecified atom stereocenters. The van der Waals surface area contributed by atoms with Crippen molar-refractivity contribution in [3.8, 4) is 17.2 Å². The van der Waals surface area contributed by atoms with Crippen molar-refractivity contribution in [1.29, 1.82) is 0 Å². The fourth-order valence-electron chi connectivity index (χ4n) is 5.55. The zero-order valence-electron chi connectivity index (χ0n) is 25.0. The monoisotopic (exact) mass is 696 g/mol. The summed E-state index contributed by atoms with van der Waals surface area (Å²) in [6.45, 7) is 0.594. The zero-order chi connectivity index (χ0) is 32.8. The topological polar surface area (TPSA) is 94.1 Å². The zero-order valence-corrected chi connectivity index (χ0v) is 27.4. The molecular formula is C31H32ClF3N4O5S2. The molecule has 0 saturated carbocycles. The van der Waals surface area contributed by atoms with Gasteiger partial charge in [0.2, 0.25) is 5.13 Å². The van der Waals surface area contributed by atoms with Crippen LogP contribution in [0.4, 0.5) is 18.3 Å². The van der Waals surface area contributed by atoms with Gasteiger partial charge in [0.05, 0.1) is 27.4 Å². The second-order valence-electron chi connectivity index (χ2n) is 10.6. The van der Waals surface area contributed by atoms with Crippen LogP contribution in [0.3, 0.4) is 0 Å². The highest BCUT2D eigenvalue weighted by atomic mass is 35.5. The number of anilines is 1. The molecule has 1 aliphatic heterocycles. The van der Waals surface area contributed by atoms with Crippen LogP contribution in [0, 0.1) is 17.6 Å². The quantitative estimate of drug-likeness (QED) is 0.160. The lowest BCUT2D eigenvalue weighted by atomic mass is 9.81. The minimum atomic E-state index is -4.70. The summed E-state index contributed by atoms with van der Waals surface area (Å²) in [6, 6.07) is 13.5. The molecule has 2 atom stereocenters. The Bertz CT molecular complexity index is 1730. The van der Waals surface area contributed by atoms with Crippen molar-refractivity contribution >= 4 is 38.3 Å². The first kappa shape index (κ1) is 33.8. The summed E-state index contributed by atoms with van der Waals surface area (Å²) >= 11 is 6.85. The summed E-state index contributed by atoms with van der Waals surface area (Å²) in [6.07, 6.45) is 1.88. The lowest BCUT2D eigenvalue weighted by Crippen LogP contribution is -2.42. The summed E-state index contributed by atoms with van der Waals surface area (Å²) in [5, 5.41) is 0.535. The van der Waals surface area contributed by atoms with Gasteiger partial charge >= 0.3 is 0 Å². The predicted molar refractivity (Wildman–Crippen MR) is 169 cm³/mol. The molecule has 1 saturated heterocycles. The normalized spacial score (nSPS) is 17.1. The minimum absolute atomic E-state index is 0.00723. The lowest BCUT2D eigenvalue weighted by Gasteiger charge is -2.38. The molecule has 1 fully saturated rings. The third-order valence-electron chi connectivity index (χ3n) is 7.90. The van der Waals surface area contributed by atoms with Gasteiger partial charge in [0, 0.05) is 59.3 Å². The van der Waals surface area contributed by atoms with Gasteiger partial charge < -0.3 is 19.1 Å². The van der Waals surface area contributed by atoms with Crippen LogP contribution in [0.15, 0.2) is 65.8 Å². The number of nitrogens with zero attached hydrogens (tertiary/aromatic N) is 4. The maximum atomic E-state index is 15.6. The second kappa shape index (κ2) is 14.9. The van der Waals surface area contributed by atoms with Crippen LogP contribution in [0.2, 0.25) is 5.02 Å². The van der Waals surface area contributed by atoms with E-state index in [1.807, 2.05) is 17.0 Å². The van der Waals surface area contributed by atoms with Gasteiger partial charge in [-0.05, 0) is 48.7 Å². The molecule has 0 N–H and O–H groups in total. The molecular weight excluding hydrogens is 665 g/mol. The van der Waals surface area contributed by atoms with Crippen molar-refractivity contribution < 1.29 is 35.8 Å². The molecule has 5 rings (SSSR count). The Balaban J connectivity index is 1.41. The number of hydrogen-bond acceptors (Lipinski definition) is 9. The van der Waals surface area contributed by atoms with Gasteiger partial charge in [-0.25, -0.2) is 30.9 Å². The van der Waals surface area contributed by atoms with Crippen molar-refractivity contribution in [2.75, 3.05) is 51.4 Å². The van der Waals surface area contributed by atoms with E-state index in [0.29, 0.717) is 47.7 Å². The highest BCUT2D eigenvalue weighted by Crippen LogP contribution is 2.36. The summed E-state index contributed by atoms with van der Waals surface area (Å²) in [7, 11) is -1.81. The van der Waals surface area contributed by atoms with E-state index in [0.717, 1.165) is 27.5 Å². The van der Waals surface area contributed by atoms with Gasteiger partial charge in [-0.3, -0.25) is 0 Å². The first-order chi connectivity index (χ1) is 22.1. The average molecular weight is 697 g/mol. The number of likely N-dealkylation sites (tertiary alicyclic amines) is 1. The van der Waals surface area contributed by atoms with Crippen LogP contribution in [-0.4, -0.2) is 69.8 Å². The van der Waals surface area contributed by atoms with E-state index < -0.39 is 39.0 Å². The van der Waals surface area contributed by atoms with Crippen LogP contribution >= 0.6 is 23.1 Å². The Hall–Kier alpha value is -3.59. The Kier molecular flexibility index (Phi) is 10.9. The second-order valence-corrected chi connectivity index (χ2v) is 13.7. The smallest absolute Gasteiger partial charge is 0.269 e. The molecule has 0 radical (unpaired) electrons. The van der Waals surface area contributed by atoms with Gasteiger partial charge in [0.15, 0.2) is 11.6 Å². The van der Waals surface area contributed by atoms with Crippen LogP contribution < -0.4 is 18.5 Å². The van der Waals surface area contributed by atoms with Crippen LogP contribution in [0.5, 0.6) is 17.2 Å². The molecule has 9 nitrogen and oxygen atoms in total. The number of aromatic nitrogens is 2. The van der Waals surface area contributed by atoms with E-state index in [1.165, 1.54) is 20.5 Å². The Morgan fingerprint density at radius 2 is 1.83 bits per heavy atom. The van der Waals surface area contributed by atoms with Crippen LogP contribution in [-0.2, 0) is 16.6 Å². The van der Waals surface area contributed by atoms with E-state index in [4.69, 9.17) is 25.8 Å². The number of hydrogen-bond donors (Lipinski definition) is 0. The maximum Gasteiger partial charge on any atom is 0.269 e. The number of ether oxygens (including phenoxy) is 3. The van der Waals surface area contributed by atoms with Crippen molar-refractivity contribution in [2.24, 2.45) is 5.92 Å². The predicted octanol–water partition coefficient (Wildman–Crippen LogP) is 6.34. The van der Waals surface area contributed by atoms with Gasteiger partial charge in [0.25, 0.3) is 10.0 Å². The van der Waals surface area contributed by atoms with Crippen molar-refractivity contribution in [2.45, 2.75) is 23.8 Å². The number of alkyl halides is 1. The van der Waals surface area contributed by atoms with E-state index in [2.05, 4.69) is 9.36 Å². The van der Waals surface area contributed by atoms with E-state index >= 15 is 8.78 Å². The number of rotatable bonds is 13. The molecule has 0 amide bonds. The van der Waals surface area contributed by atoms with Crippen LogP contribution in [0.1, 0.15) is 23.5 Å². The van der Waals surface area contributed by atoms with Gasteiger partial charge in [-0.2, -0.15) is 4.37 Å². The molecule has 0 spiro atoms. The summed E-state index contributed by atoms with van der Waals surface area (Å²) in [5.41, 5.74) is 1.43. The third-order valence-corrected chi connectivity index (χ3v) is 10.7. The number of sulfonamides is 1. The highest BCUT2D eigenvalue weighted by molar-refractivity contribution is 7.93. The van der Waals surface area contributed by atoms with E-state index in [9.17, 15) is 12.8 Å². The average Bonchev–Trinajstić information content (AvgIpc) is 3.59. The molecule has 246 valence electrons. The standard InChI is InChI=1S/C31H32ClF3N4O5S2/c1-42-24-8-5-21(28(13-24)43-2)17-39(31-36-19-37-45-31)46(40,41)30-15-26(34)29(14-27(30)35)44-18-22-16-38(12-10-33)11-9-25(22)20-3-6-23(32)7-4-20/h3-8,13-15,19,22,25H,9-12,16-18H2,1-2H3/t22-,25?/m0/s1. The lowest BCUT2D eigenvalue weighted by molar-refractivity contribution is 0.104. The first-order valence-electron chi connectivity index (χ1n) is 14.3. The molecule has 15 heteroatoms. The Labute approximate surface area is 274 Å². The Morgan fingerprint density at radius 3 is 2.50 bits per heavy atom. The van der Waals surface area contributed by atoms with E-state index in [1.54, 1.807) is 30.3 Å². The maximum absolute atomic E-state index is 15.6. The molecule has 0 bridgehead atoms. The highest BCUT2D eigenvalue weighted by Gasteiger charge is 2.34.